The van der Waals surface area contributed by atoms with Gasteiger partial charge in [-0.05, 0) is 42.3 Å². The van der Waals surface area contributed by atoms with Gasteiger partial charge in [-0.15, -0.1) is 0 Å². The Morgan fingerprint density at radius 2 is 1.86 bits per heavy atom. The van der Waals surface area contributed by atoms with Crippen LogP contribution in [-0.4, -0.2) is 42.4 Å². The molecule has 1 aromatic heterocycles. The molecule has 1 aliphatic rings. The Bertz CT molecular complexity index is 946. The molecule has 4 rings (SSSR count). The topological polar surface area (TPSA) is 80.5 Å². The van der Waals surface area contributed by atoms with Crippen LogP contribution in [0.15, 0.2) is 53.1 Å². The van der Waals surface area contributed by atoms with E-state index >= 15 is 0 Å². The van der Waals surface area contributed by atoms with Gasteiger partial charge >= 0.3 is 11.8 Å². The summed E-state index contributed by atoms with van der Waals surface area (Å²) in [5.41, 5.74) is 4.11. The minimum absolute atomic E-state index is 0.0409. The molecular formula is C21H22N4O3. The molecule has 1 N–H and O–H groups in total. The Labute approximate surface area is 163 Å². The molecule has 28 heavy (non-hydrogen) atoms. The number of benzene rings is 2. The summed E-state index contributed by atoms with van der Waals surface area (Å²) >= 11 is 0. The standard InChI is InChI=1S/C21H22N4O3/c1-15-4-2-3-5-17(15)14-22-20(26)21-23-19(24-28-21)16-6-8-18(9-7-16)25-10-12-27-13-11-25/h2-9H,10-14H2,1H3,(H,22,26). The number of aryl methyl sites for hydroxylation is 1. The van der Waals surface area contributed by atoms with E-state index in [1.807, 2.05) is 55.5 Å². The minimum Gasteiger partial charge on any atom is -0.378 e. The number of ether oxygens (including phenoxy) is 1. The highest BCUT2D eigenvalue weighted by atomic mass is 16.5. The van der Waals surface area contributed by atoms with Gasteiger partial charge in [0.05, 0.1) is 13.2 Å². The molecule has 0 saturated carbocycles. The Morgan fingerprint density at radius 3 is 2.61 bits per heavy atom. The first-order valence-electron chi connectivity index (χ1n) is 9.30. The zero-order valence-electron chi connectivity index (χ0n) is 15.7. The average molecular weight is 378 g/mol. The van der Waals surface area contributed by atoms with Crippen molar-refractivity contribution in [1.82, 2.24) is 15.5 Å². The van der Waals surface area contributed by atoms with E-state index in [-0.39, 0.29) is 11.8 Å². The third-order valence-corrected chi connectivity index (χ3v) is 4.82. The first kappa shape index (κ1) is 18.2. The summed E-state index contributed by atoms with van der Waals surface area (Å²) in [5.74, 6) is -0.0256. The van der Waals surface area contributed by atoms with E-state index < -0.39 is 0 Å². The number of carbonyl (C=O) groups excluding carboxylic acids is 1. The summed E-state index contributed by atoms with van der Waals surface area (Å²) in [5, 5.41) is 6.76. The molecule has 3 aromatic rings. The number of rotatable bonds is 5. The van der Waals surface area contributed by atoms with Gasteiger partial charge in [0.2, 0.25) is 5.82 Å². The number of hydrogen-bond donors (Lipinski definition) is 1. The number of morpholine rings is 1. The van der Waals surface area contributed by atoms with E-state index in [0.717, 1.165) is 48.7 Å². The van der Waals surface area contributed by atoms with Crippen LogP contribution in [0.3, 0.4) is 0 Å². The second kappa shape index (κ2) is 8.22. The van der Waals surface area contributed by atoms with Gasteiger partial charge in [0.15, 0.2) is 0 Å². The fourth-order valence-electron chi connectivity index (χ4n) is 3.14. The van der Waals surface area contributed by atoms with E-state index in [1.54, 1.807) is 0 Å². The Kier molecular flexibility index (Phi) is 5.34. The van der Waals surface area contributed by atoms with Crippen LogP contribution in [0.2, 0.25) is 0 Å². The van der Waals surface area contributed by atoms with Crippen molar-refractivity contribution in [2.45, 2.75) is 13.5 Å². The summed E-state index contributed by atoms with van der Waals surface area (Å²) < 4.78 is 10.5. The maximum Gasteiger partial charge on any atom is 0.316 e. The van der Waals surface area contributed by atoms with Crippen molar-refractivity contribution >= 4 is 11.6 Å². The predicted molar refractivity (Wildman–Crippen MR) is 105 cm³/mol. The molecule has 0 radical (unpaired) electrons. The summed E-state index contributed by atoms with van der Waals surface area (Å²) in [7, 11) is 0. The summed E-state index contributed by atoms with van der Waals surface area (Å²) in [4.78, 5) is 18.8. The van der Waals surface area contributed by atoms with Crippen molar-refractivity contribution < 1.29 is 14.1 Å². The largest absolute Gasteiger partial charge is 0.378 e. The van der Waals surface area contributed by atoms with Crippen molar-refractivity contribution in [1.29, 1.82) is 0 Å². The number of nitrogens with one attached hydrogen (secondary N) is 1. The maximum atomic E-state index is 12.3. The van der Waals surface area contributed by atoms with Crippen LogP contribution in [0.4, 0.5) is 5.69 Å². The predicted octanol–water partition coefficient (Wildman–Crippen LogP) is 2.81. The highest BCUT2D eigenvalue weighted by Gasteiger charge is 2.17. The highest BCUT2D eigenvalue weighted by Crippen LogP contribution is 2.22. The molecule has 1 amide bonds. The zero-order valence-corrected chi connectivity index (χ0v) is 15.7. The molecule has 2 aromatic carbocycles. The lowest BCUT2D eigenvalue weighted by Gasteiger charge is -2.28. The van der Waals surface area contributed by atoms with E-state index in [1.165, 1.54) is 0 Å². The minimum atomic E-state index is -0.382. The van der Waals surface area contributed by atoms with Crippen molar-refractivity contribution in [3.63, 3.8) is 0 Å². The lowest BCUT2D eigenvalue weighted by Crippen LogP contribution is -2.36. The molecule has 2 heterocycles. The molecule has 7 heteroatoms. The van der Waals surface area contributed by atoms with Crippen molar-refractivity contribution in [2.75, 3.05) is 31.2 Å². The first-order valence-corrected chi connectivity index (χ1v) is 9.30. The number of hydrogen-bond acceptors (Lipinski definition) is 6. The molecule has 144 valence electrons. The van der Waals surface area contributed by atoms with Gasteiger partial charge in [0.25, 0.3) is 0 Å². The van der Waals surface area contributed by atoms with Gasteiger partial charge in [-0.25, -0.2) is 0 Å². The van der Waals surface area contributed by atoms with Gasteiger partial charge in [0.1, 0.15) is 0 Å². The number of nitrogens with zero attached hydrogens (tertiary/aromatic N) is 3. The Balaban J connectivity index is 1.40. The third kappa shape index (κ3) is 4.04. The fraction of sp³-hybridized carbons (Fsp3) is 0.286. The zero-order chi connectivity index (χ0) is 19.3. The number of amides is 1. The molecule has 1 aliphatic heterocycles. The van der Waals surface area contributed by atoms with Crippen LogP contribution in [0.5, 0.6) is 0 Å². The van der Waals surface area contributed by atoms with E-state index in [4.69, 9.17) is 9.26 Å². The van der Waals surface area contributed by atoms with Crippen LogP contribution < -0.4 is 10.2 Å². The molecule has 1 saturated heterocycles. The fourth-order valence-corrected chi connectivity index (χ4v) is 3.14. The average Bonchev–Trinajstić information content (AvgIpc) is 3.24. The van der Waals surface area contributed by atoms with Crippen LogP contribution >= 0.6 is 0 Å². The van der Waals surface area contributed by atoms with Gasteiger partial charge in [-0.3, -0.25) is 4.79 Å². The number of aromatic nitrogens is 2. The lowest BCUT2D eigenvalue weighted by atomic mass is 10.1. The highest BCUT2D eigenvalue weighted by molar-refractivity contribution is 5.89. The normalized spacial score (nSPS) is 14.1. The molecule has 1 fully saturated rings. The van der Waals surface area contributed by atoms with E-state index in [2.05, 4.69) is 20.4 Å². The molecule has 0 atom stereocenters. The first-order chi connectivity index (χ1) is 13.7. The van der Waals surface area contributed by atoms with Crippen LogP contribution in [0, 0.1) is 6.92 Å². The monoisotopic (exact) mass is 378 g/mol. The van der Waals surface area contributed by atoms with E-state index in [9.17, 15) is 4.79 Å². The van der Waals surface area contributed by atoms with Crippen LogP contribution in [0.25, 0.3) is 11.4 Å². The molecule has 0 aliphatic carbocycles. The van der Waals surface area contributed by atoms with Crippen molar-refractivity contribution in [2.24, 2.45) is 0 Å². The van der Waals surface area contributed by atoms with Gasteiger partial charge < -0.3 is 19.5 Å². The molecule has 0 bridgehead atoms. The molecule has 7 nitrogen and oxygen atoms in total. The summed E-state index contributed by atoms with van der Waals surface area (Å²) in [6.07, 6.45) is 0. The SMILES string of the molecule is Cc1ccccc1CNC(=O)c1nc(-c2ccc(N3CCOCC3)cc2)no1. The van der Waals surface area contributed by atoms with Gasteiger partial charge in [-0.2, -0.15) is 4.98 Å². The number of anilines is 1. The van der Waals surface area contributed by atoms with E-state index in [0.29, 0.717) is 12.4 Å². The van der Waals surface area contributed by atoms with Gasteiger partial charge in [0, 0.05) is 30.9 Å². The molecule has 0 spiro atoms. The molecular weight excluding hydrogens is 356 g/mol. The Morgan fingerprint density at radius 1 is 1.11 bits per heavy atom. The number of carbonyl (C=O) groups is 1. The lowest BCUT2D eigenvalue weighted by molar-refractivity contribution is 0.0907. The van der Waals surface area contributed by atoms with Crippen LogP contribution in [0.1, 0.15) is 21.8 Å². The van der Waals surface area contributed by atoms with Crippen molar-refractivity contribution in [3.8, 4) is 11.4 Å². The maximum absolute atomic E-state index is 12.3. The summed E-state index contributed by atoms with van der Waals surface area (Å²) in [6, 6.07) is 15.8. The molecule has 0 unspecified atom stereocenters. The quantitative estimate of drug-likeness (QED) is 0.735. The Hall–Kier alpha value is -3.19. The second-order valence-corrected chi connectivity index (χ2v) is 6.68. The third-order valence-electron chi connectivity index (χ3n) is 4.82. The summed E-state index contributed by atoms with van der Waals surface area (Å²) in [6.45, 7) is 5.67. The van der Waals surface area contributed by atoms with Crippen molar-refractivity contribution in [3.05, 3.63) is 65.5 Å². The second-order valence-electron chi connectivity index (χ2n) is 6.68. The van der Waals surface area contributed by atoms with Crippen LogP contribution in [-0.2, 0) is 11.3 Å². The smallest absolute Gasteiger partial charge is 0.316 e. The van der Waals surface area contributed by atoms with Gasteiger partial charge in [-0.1, -0.05) is 29.4 Å².